The molecule has 2 saturated heterocycles. The fraction of sp³-hybridized carbons (Fsp3) is 0.750. The maximum absolute atomic E-state index is 14.4. The van der Waals surface area contributed by atoms with Gasteiger partial charge < -0.3 is 14.7 Å². The molecule has 1 aromatic heterocycles. The Labute approximate surface area is 135 Å². The molecule has 7 heteroatoms. The van der Waals surface area contributed by atoms with Crippen molar-refractivity contribution in [3.63, 3.8) is 0 Å². The van der Waals surface area contributed by atoms with Crippen LogP contribution in [-0.2, 0) is 11.8 Å². The van der Waals surface area contributed by atoms with Crippen LogP contribution in [0.1, 0.15) is 47.7 Å². The van der Waals surface area contributed by atoms with Crippen molar-refractivity contribution in [3.8, 4) is 0 Å². The van der Waals surface area contributed by atoms with Crippen LogP contribution in [0.15, 0.2) is 6.20 Å². The van der Waals surface area contributed by atoms with Gasteiger partial charge in [-0.3, -0.25) is 9.48 Å². The lowest BCUT2D eigenvalue weighted by Crippen LogP contribution is -2.49. The number of halogens is 1. The third kappa shape index (κ3) is 3.40. The SMILES string of the molecule is Cn1cc(C(=O)N2CCCC(F)(CO)C2)c(C2CCOCC2)n1. The van der Waals surface area contributed by atoms with Crippen molar-refractivity contribution in [2.75, 3.05) is 32.9 Å². The molecule has 0 saturated carbocycles. The highest BCUT2D eigenvalue weighted by Gasteiger charge is 2.38. The molecule has 2 aliphatic rings. The summed E-state index contributed by atoms with van der Waals surface area (Å²) in [4.78, 5) is 14.4. The van der Waals surface area contributed by atoms with Crippen molar-refractivity contribution >= 4 is 5.91 Å². The number of carbonyl (C=O) groups is 1. The number of carbonyl (C=O) groups excluding carboxylic acids is 1. The van der Waals surface area contributed by atoms with E-state index < -0.39 is 12.3 Å². The smallest absolute Gasteiger partial charge is 0.257 e. The summed E-state index contributed by atoms with van der Waals surface area (Å²) in [5, 5.41) is 13.7. The Morgan fingerprint density at radius 3 is 2.96 bits per heavy atom. The number of alkyl halides is 1. The minimum atomic E-state index is -1.69. The Balaban J connectivity index is 1.82. The maximum Gasteiger partial charge on any atom is 0.257 e. The molecule has 1 N–H and O–H groups in total. The van der Waals surface area contributed by atoms with E-state index in [1.807, 2.05) is 0 Å². The predicted octanol–water partition coefficient (Wildman–Crippen LogP) is 1.25. The van der Waals surface area contributed by atoms with E-state index >= 15 is 0 Å². The van der Waals surface area contributed by atoms with Crippen LogP contribution in [0.2, 0.25) is 0 Å². The van der Waals surface area contributed by atoms with Gasteiger partial charge in [0.25, 0.3) is 5.91 Å². The van der Waals surface area contributed by atoms with Gasteiger partial charge in [-0.2, -0.15) is 5.10 Å². The van der Waals surface area contributed by atoms with Crippen LogP contribution in [0.3, 0.4) is 0 Å². The number of rotatable bonds is 3. The zero-order valence-corrected chi connectivity index (χ0v) is 13.5. The van der Waals surface area contributed by atoms with Crippen LogP contribution in [0.4, 0.5) is 4.39 Å². The van der Waals surface area contributed by atoms with Gasteiger partial charge in [-0.25, -0.2) is 4.39 Å². The number of aryl methyl sites for hydroxylation is 1. The van der Waals surface area contributed by atoms with E-state index in [1.54, 1.807) is 17.9 Å². The van der Waals surface area contributed by atoms with E-state index in [9.17, 15) is 14.3 Å². The average molecular weight is 325 g/mol. The summed E-state index contributed by atoms with van der Waals surface area (Å²) in [6.07, 6.45) is 4.28. The summed E-state index contributed by atoms with van der Waals surface area (Å²) in [7, 11) is 1.79. The second-order valence-electron chi connectivity index (χ2n) is 6.63. The molecule has 0 aromatic carbocycles. The number of aromatic nitrogens is 2. The Bertz CT molecular complexity index is 571. The monoisotopic (exact) mass is 325 g/mol. The molecule has 0 radical (unpaired) electrons. The third-order valence-corrected chi connectivity index (χ3v) is 4.79. The zero-order valence-electron chi connectivity index (χ0n) is 13.5. The minimum Gasteiger partial charge on any atom is -0.393 e. The summed E-state index contributed by atoms with van der Waals surface area (Å²) in [6.45, 7) is 1.28. The second-order valence-corrected chi connectivity index (χ2v) is 6.63. The van der Waals surface area contributed by atoms with Crippen molar-refractivity contribution in [3.05, 3.63) is 17.5 Å². The van der Waals surface area contributed by atoms with Crippen LogP contribution in [-0.4, -0.2) is 64.3 Å². The van der Waals surface area contributed by atoms with Gasteiger partial charge in [0.05, 0.1) is 24.4 Å². The number of piperidine rings is 1. The second kappa shape index (κ2) is 6.57. The lowest BCUT2D eigenvalue weighted by molar-refractivity contribution is 0.00162. The molecule has 128 valence electrons. The Kier molecular flexibility index (Phi) is 4.68. The van der Waals surface area contributed by atoms with E-state index in [2.05, 4.69) is 5.10 Å². The summed E-state index contributed by atoms with van der Waals surface area (Å²) < 4.78 is 21.4. The first-order valence-corrected chi connectivity index (χ1v) is 8.23. The molecule has 2 fully saturated rings. The highest BCUT2D eigenvalue weighted by molar-refractivity contribution is 5.95. The standard InChI is InChI=1S/C16H24FN3O3/c1-19-9-13(14(18-19)12-3-7-23-8-4-12)15(22)20-6-2-5-16(17,10-20)11-21/h9,12,21H,2-8,10-11H2,1H3. The number of hydrogen-bond donors (Lipinski definition) is 1. The van der Waals surface area contributed by atoms with Crippen molar-refractivity contribution < 1.29 is 19.0 Å². The summed E-state index contributed by atoms with van der Waals surface area (Å²) in [6, 6.07) is 0. The third-order valence-electron chi connectivity index (χ3n) is 4.79. The molecule has 6 nitrogen and oxygen atoms in total. The molecule has 1 amide bonds. The molecule has 2 aliphatic heterocycles. The number of aliphatic hydroxyl groups excluding tert-OH is 1. The summed E-state index contributed by atoms with van der Waals surface area (Å²) in [5.41, 5.74) is -0.337. The van der Waals surface area contributed by atoms with Gasteiger partial charge in [-0.1, -0.05) is 0 Å². The fourth-order valence-electron chi connectivity index (χ4n) is 3.50. The molecule has 23 heavy (non-hydrogen) atoms. The van der Waals surface area contributed by atoms with Crippen LogP contribution >= 0.6 is 0 Å². The zero-order chi connectivity index (χ0) is 16.4. The number of nitrogens with zero attached hydrogens (tertiary/aromatic N) is 3. The Morgan fingerprint density at radius 1 is 1.52 bits per heavy atom. The molecule has 3 heterocycles. The quantitative estimate of drug-likeness (QED) is 0.908. The van der Waals surface area contributed by atoms with Gasteiger partial charge in [0, 0.05) is 38.9 Å². The molecule has 0 aliphatic carbocycles. The highest BCUT2D eigenvalue weighted by atomic mass is 19.1. The Hall–Kier alpha value is -1.47. The van der Waals surface area contributed by atoms with Crippen molar-refractivity contribution in [1.29, 1.82) is 0 Å². The van der Waals surface area contributed by atoms with Crippen molar-refractivity contribution in [1.82, 2.24) is 14.7 Å². The molecule has 1 aromatic rings. The average Bonchev–Trinajstić information content (AvgIpc) is 2.97. The van der Waals surface area contributed by atoms with Gasteiger partial charge in [-0.05, 0) is 25.7 Å². The minimum absolute atomic E-state index is 0.0511. The molecule has 1 unspecified atom stereocenters. The first-order valence-electron chi connectivity index (χ1n) is 8.23. The number of aliphatic hydroxyl groups is 1. The van der Waals surface area contributed by atoms with Crippen LogP contribution in [0.25, 0.3) is 0 Å². The molecule has 1 atom stereocenters. The van der Waals surface area contributed by atoms with Gasteiger partial charge >= 0.3 is 0 Å². The van der Waals surface area contributed by atoms with E-state index in [0.717, 1.165) is 18.5 Å². The van der Waals surface area contributed by atoms with Crippen molar-refractivity contribution in [2.24, 2.45) is 7.05 Å². The lowest BCUT2D eigenvalue weighted by atomic mass is 9.92. The fourth-order valence-corrected chi connectivity index (χ4v) is 3.50. The van der Waals surface area contributed by atoms with Crippen molar-refractivity contribution in [2.45, 2.75) is 37.3 Å². The molecule has 0 bridgehead atoms. The Morgan fingerprint density at radius 2 is 2.26 bits per heavy atom. The maximum atomic E-state index is 14.4. The highest BCUT2D eigenvalue weighted by Crippen LogP contribution is 2.31. The molecular weight excluding hydrogens is 301 g/mol. The number of likely N-dealkylation sites (tertiary alicyclic amines) is 1. The number of amides is 1. The van der Waals surface area contributed by atoms with E-state index in [-0.39, 0.29) is 18.4 Å². The topological polar surface area (TPSA) is 67.6 Å². The normalized spacial score (nSPS) is 26.5. The lowest BCUT2D eigenvalue weighted by Gasteiger charge is -2.36. The number of hydrogen-bond acceptors (Lipinski definition) is 4. The predicted molar refractivity (Wildman–Crippen MR) is 82.1 cm³/mol. The molecule has 3 rings (SSSR count). The van der Waals surface area contributed by atoms with Gasteiger partial charge in [0.1, 0.15) is 0 Å². The van der Waals surface area contributed by atoms with Crippen LogP contribution < -0.4 is 0 Å². The first kappa shape index (κ1) is 16.4. The number of ether oxygens (including phenoxy) is 1. The largest absolute Gasteiger partial charge is 0.393 e. The van der Waals surface area contributed by atoms with Crippen LogP contribution in [0, 0.1) is 0 Å². The van der Waals surface area contributed by atoms with E-state index in [1.165, 1.54) is 4.90 Å². The summed E-state index contributed by atoms with van der Waals surface area (Å²) in [5.74, 6) is 0.0245. The van der Waals surface area contributed by atoms with Gasteiger partial charge in [0.2, 0.25) is 0 Å². The van der Waals surface area contributed by atoms with Gasteiger partial charge in [-0.15, -0.1) is 0 Å². The van der Waals surface area contributed by atoms with E-state index in [4.69, 9.17) is 4.74 Å². The summed E-state index contributed by atoms with van der Waals surface area (Å²) >= 11 is 0. The van der Waals surface area contributed by atoms with E-state index in [0.29, 0.717) is 38.2 Å². The molecular formula is C16H24FN3O3. The molecule has 0 spiro atoms. The van der Waals surface area contributed by atoms with Gasteiger partial charge in [0.15, 0.2) is 5.67 Å². The first-order chi connectivity index (χ1) is 11.0. The van der Waals surface area contributed by atoms with Crippen LogP contribution in [0.5, 0.6) is 0 Å².